The van der Waals surface area contributed by atoms with Crippen LogP contribution >= 0.6 is 0 Å². The quantitative estimate of drug-likeness (QED) is 0.904. The number of likely N-dealkylation sites (N-methyl/N-ethyl adjacent to an activating group) is 1. The number of aromatic nitrogens is 2. The summed E-state index contributed by atoms with van der Waals surface area (Å²) in [5.74, 6) is 1.06. The van der Waals surface area contributed by atoms with E-state index in [0.717, 1.165) is 44.3 Å². The zero-order valence-corrected chi connectivity index (χ0v) is 11.2. The van der Waals surface area contributed by atoms with Crippen LogP contribution in [-0.4, -0.2) is 53.2 Å². The molecule has 0 radical (unpaired) electrons. The molecular formula is C14H20N4O. The molecule has 0 amide bonds. The van der Waals surface area contributed by atoms with E-state index < -0.39 is 0 Å². The Morgan fingerprint density at radius 2 is 2.42 bits per heavy atom. The maximum absolute atomic E-state index is 5.80. The number of morpholine rings is 1. The van der Waals surface area contributed by atoms with E-state index in [-0.39, 0.29) is 6.10 Å². The summed E-state index contributed by atoms with van der Waals surface area (Å²) in [5, 5.41) is 3.46. The van der Waals surface area contributed by atoms with E-state index in [4.69, 9.17) is 4.74 Å². The third-order valence-electron chi connectivity index (χ3n) is 3.61. The molecule has 1 atom stereocenters. The topological polar surface area (TPSA) is 41.8 Å². The van der Waals surface area contributed by atoms with Gasteiger partial charge in [0.25, 0.3) is 0 Å². The first kappa shape index (κ1) is 12.4. The fourth-order valence-electron chi connectivity index (χ4n) is 2.50. The lowest BCUT2D eigenvalue weighted by Crippen LogP contribution is -2.45. The van der Waals surface area contributed by atoms with Crippen molar-refractivity contribution in [2.75, 3.05) is 38.1 Å². The number of pyridine rings is 1. The van der Waals surface area contributed by atoms with Crippen LogP contribution in [0.25, 0.3) is 5.65 Å². The van der Waals surface area contributed by atoms with Gasteiger partial charge in [0.2, 0.25) is 0 Å². The van der Waals surface area contributed by atoms with Crippen LogP contribution in [0.15, 0.2) is 30.6 Å². The molecular weight excluding hydrogens is 240 g/mol. The summed E-state index contributed by atoms with van der Waals surface area (Å²) in [5.41, 5.74) is 0.963. The Morgan fingerprint density at radius 3 is 3.32 bits per heavy atom. The SMILES string of the molecule is CCN1CCOC(CNc2cccc3nccn23)C1. The standard InChI is InChI=1S/C14H20N4O/c1-2-17-8-9-19-12(11-17)10-16-14-5-3-4-13-15-6-7-18(13)14/h3-7,12,16H,2,8-11H2,1H3. The number of hydrogen-bond acceptors (Lipinski definition) is 4. The van der Waals surface area contributed by atoms with Crippen molar-refractivity contribution in [2.45, 2.75) is 13.0 Å². The van der Waals surface area contributed by atoms with Gasteiger partial charge in [-0.25, -0.2) is 4.98 Å². The van der Waals surface area contributed by atoms with E-state index >= 15 is 0 Å². The normalized spacial score (nSPS) is 20.8. The Kier molecular flexibility index (Phi) is 3.66. The van der Waals surface area contributed by atoms with Crippen molar-refractivity contribution < 1.29 is 4.74 Å². The van der Waals surface area contributed by atoms with Crippen LogP contribution in [0.5, 0.6) is 0 Å². The number of rotatable bonds is 4. The summed E-state index contributed by atoms with van der Waals surface area (Å²) in [6, 6.07) is 6.08. The fourth-order valence-corrected chi connectivity index (χ4v) is 2.50. The molecule has 1 aliphatic heterocycles. The van der Waals surface area contributed by atoms with Crippen molar-refractivity contribution in [1.29, 1.82) is 0 Å². The first-order valence-corrected chi connectivity index (χ1v) is 6.86. The Hall–Kier alpha value is -1.59. The van der Waals surface area contributed by atoms with E-state index in [1.165, 1.54) is 0 Å². The lowest BCUT2D eigenvalue weighted by molar-refractivity contribution is -0.0192. The Bertz CT molecular complexity index is 539. The lowest BCUT2D eigenvalue weighted by Gasteiger charge is -2.32. The smallest absolute Gasteiger partial charge is 0.138 e. The van der Waals surface area contributed by atoms with Crippen LogP contribution in [0.4, 0.5) is 5.82 Å². The zero-order valence-electron chi connectivity index (χ0n) is 11.2. The minimum Gasteiger partial charge on any atom is -0.374 e. The molecule has 19 heavy (non-hydrogen) atoms. The molecule has 3 heterocycles. The van der Waals surface area contributed by atoms with Gasteiger partial charge in [0, 0.05) is 32.0 Å². The van der Waals surface area contributed by atoms with Gasteiger partial charge in [0.05, 0.1) is 12.7 Å². The number of fused-ring (bicyclic) bond motifs is 1. The monoisotopic (exact) mass is 260 g/mol. The van der Waals surface area contributed by atoms with Gasteiger partial charge in [-0.2, -0.15) is 0 Å². The molecule has 1 aliphatic rings. The number of hydrogen-bond donors (Lipinski definition) is 1. The van der Waals surface area contributed by atoms with Gasteiger partial charge in [-0.3, -0.25) is 9.30 Å². The lowest BCUT2D eigenvalue weighted by atomic mass is 10.2. The van der Waals surface area contributed by atoms with E-state index in [9.17, 15) is 0 Å². The minimum atomic E-state index is 0.257. The van der Waals surface area contributed by atoms with Crippen molar-refractivity contribution in [1.82, 2.24) is 14.3 Å². The summed E-state index contributed by atoms with van der Waals surface area (Å²) in [6.45, 7) is 7.00. The summed E-state index contributed by atoms with van der Waals surface area (Å²) in [6.07, 6.45) is 4.04. The average molecular weight is 260 g/mol. The van der Waals surface area contributed by atoms with Gasteiger partial charge in [0.15, 0.2) is 0 Å². The number of ether oxygens (including phenoxy) is 1. The molecule has 1 fully saturated rings. The first-order chi connectivity index (χ1) is 9.36. The Morgan fingerprint density at radius 1 is 1.47 bits per heavy atom. The molecule has 3 rings (SSSR count). The van der Waals surface area contributed by atoms with Gasteiger partial charge in [-0.05, 0) is 18.7 Å². The predicted octanol–water partition coefficient (Wildman–Crippen LogP) is 1.47. The van der Waals surface area contributed by atoms with E-state index in [1.54, 1.807) is 0 Å². The van der Waals surface area contributed by atoms with E-state index in [1.807, 2.05) is 24.5 Å². The highest BCUT2D eigenvalue weighted by atomic mass is 16.5. The zero-order chi connectivity index (χ0) is 13.1. The number of anilines is 1. The van der Waals surface area contributed by atoms with Crippen LogP contribution in [0.1, 0.15) is 6.92 Å². The average Bonchev–Trinajstić information content (AvgIpc) is 2.94. The van der Waals surface area contributed by atoms with Crippen molar-refractivity contribution in [3.05, 3.63) is 30.6 Å². The highest BCUT2D eigenvalue weighted by molar-refractivity contribution is 5.49. The van der Waals surface area contributed by atoms with Crippen molar-refractivity contribution in [3.8, 4) is 0 Å². The third kappa shape index (κ3) is 2.72. The molecule has 2 aromatic rings. The highest BCUT2D eigenvalue weighted by Crippen LogP contribution is 2.12. The van der Waals surface area contributed by atoms with Crippen LogP contribution in [0.2, 0.25) is 0 Å². The molecule has 0 bridgehead atoms. The summed E-state index contributed by atoms with van der Waals surface area (Å²) in [4.78, 5) is 6.71. The second-order valence-corrected chi connectivity index (χ2v) is 4.83. The predicted molar refractivity (Wildman–Crippen MR) is 75.5 cm³/mol. The van der Waals surface area contributed by atoms with Gasteiger partial charge in [0.1, 0.15) is 11.5 Å². The minimum absolute atomic E-state index is 0.257. The molecule has 1 N–H and O–H groups in total. The van der Waals surface area contributed by atoms with Gasteiger partial charge in [-0.15, -0.1) is 0 Å². The largest absolute Gasteiger partial charge is 0.374 e. The number of nitrogens with zero attached hydrogens (tertiary/aromatic N) is 3. The summed E-state index contributed by atoms with van der Waals surface area (Å²) in [7, 11) is 0. The van der Waals surface area contributed by atoms with Crippen LogP contribution in [0.3, 0.4) is 0 Å². The second-order valence-electron chi connectivity index (χ2n) is 4.83. The molecule has 5 heteroatoms. The second kappa shape index (κ2) is 5.59. The molecule has 1 saturated heterocycles. The van der Waals surface area contributed by atoms with Crippen LogP contribution in [-0.2, 0) is 4.74 Å². The highest BCUT2D eigenvalue weighted by Gasteiger charge is 2.19. The summed E-state index contributed by atoms with van der Waals surface area (Å²) >= 11 is 0. The first-order valence-electron chi connectivity index (χ1n) is 6.86. The van der Waals surface area contributed by atoms with Gasteiger partial charge >= 0.3 is 0 Å². The molecule has 0 spiro atoms. The Balaban J connectivity index is 1.64. The number of imidazole rings is 1. The van der Waals surface area contributed by atoms with Crippen molar-refractivity contribution in [3.63, 3.8) is 0 Å². The fraction of sp³-hybridized carbons (Fsp3) is 0.500. The molecule has 2 aromatic heterocycles. The van der Waals surface area contributed by atoms with Gasteiger partial charge in [-0.1, -0.05) is 13.0 Å². The molecule has 102 valence electrons. The van der Waals surface area contributed by atoms with Gasteiger partial charge < -0.3 is 10.1 Å². The molecule has 0 aromatic carbocycles. The van der Waals surface area contributed by atoms with Crippen molar-refractivity contribution >= 4 is 11.5 Å². The van der Waals surface area contributed by atoms with Crippen LogP contribution in [0, 0.1) is 0 Å². The maximum Gasteiger partial charge on any atom is 0.138 e. The Labute approximate surface area is 113 Å². The molecule has 1 unspecified atom stereocenters. The maximum atomic E-state index is 5.80. The van der Waals surface area contributed by atoms with E-state index in [0.29, 0.717) is 0 Å². The van der Waals surface area contributed by atoms with E-state index in [2.05, 4.69) is 32.6 Å². The molecule has 5 nitrogen and oxygen atoms in total. The van der Waals surface area contributed by atoms with Crippen molar-refractivity contribution in [2.24, 2.45) is 0 Å². The molecule has 0 saturated carbocycles. The molecule has 0 aliphatic carbocycles. The van der Waals surface area contributed by atoms with Crippen LogP contribution < -0.4 is 5.32 Å². The number of nitrogens with one attached hydrogen (secondary N) is 1. The summed E-state index contributed by atoms with van der Waals surface area (Å²) < 4.78 is 7.85. The third-order valence-corrected chi connectivity index (χ3v) is 3.61.